The number of carboxylic acid groups (broad SMARTS) is 1. The fourth-order valence-electron chi connectivity index (χ4n) is 2.61. The van der Waals surface area contributed by atoms with Gasteiger partial charge < -0.3 is 50.7 Å². The average molecular weight is 363 g/mol. The Balaban J connectivity index is 2.82. The molecule has 1 saturated heterocycles. The van der Waals surface area contributed by atoms with Gasteiger partial charge in [-0.2, -0.15) is 0 Å². The van der Waals surface area contributed by atoms with Crippen LogP contribution in [0.3, 0.4) is 0 Å². The molecule has 1 aliphatic heterocycles. The van der Waals surface area contributed by atoms with E-state index in [9.17, 15) is 50.8 Å². The summed E-state index contributed by atoms with van der Waals surface area (Å²) in [7, 11) is 0. The molecule has 1 aliphatic rings. The van der Waals surface area contributed by atoms with Crippen LogP contribution in [0.2, 0.25) is 0 Å². The summed E-state index contributed by atoms with van der Waals surface area (Å²) in [6, 6.07) is 0.426. The van der Waals surface area contributed by atoms with Crippen molar-refractivity contribution in [2.45, 2.75) is 29.8 Å². The Kier molecular flexibility index (Phi) is 4.56. The molecule has 0 saturated carbocycles. The number of aliphatic hydroxyl groups is 5. The molecule has 12 nitrogen and oxygen atoms in total. The minimum atomic E-state index is -3.40. The minimum Gasteiger partial charge on any atom is -0.504 e. The van der Waals surface area contributed by atoms with Crippen molar-refractivity contribution in [1.82, 2.24) is 0 Å². The second-order valence-electron chi connectivity index (χ2n) is 5.56. The van der Waals surface area contributed by atoms with E-state index in [1.165, 1.54) is 0 Å². The first-order valence-electron chi connectivity index (χ1n) is 6.80. The third-order valence-electron chi connectivity index (χ3n) is 4.02. The first-order chi connectivity index (χ1) is 11.4. The fourth-order valence-corrected chi connectivity index (χ4v) is 2.61. The lowest BCUT2D eigenvalue weighted by atomic mass is 9.81. The third-order valence-corrected chi connectivity index (χ3v) is 4.02. The molecule has 1 heterocycles. The number of ether oxygens (including phenoxy) is 1. The van der Waals surface area contributed by atoms with Crippen LogP contribution in [-0.2, 0) is 10.5 Å². The monoisotopic (exact) mass is 363 g/mol. The zero-order chi connectivity index (χ0) is 19.3. The second kappa shape index (κ2) is 5.96. The standard InChI is InChI=1S/C13H17NO11/c14-12(23)10(20)8(18)5(2-15)25-13(12,24)6-3(11(21)22)1-4(16)7(17)9(6)19/h1,5,8,10,15-20,23-24H,2,14H2,(H,21,22)/t5-,8-,10+,12-,13?/m1/s1. The smallest absolute Gasteiger partial charge is 0.336 e. The van der Waals surface area contributed by atoms with E-state index in [0.29, 0.717) is 6.07 Å². The predicted molar refractivity (Wildman–Crippen MR) is 75.4 cm³/mol. The molecule has 0 bridgehead atoms. The van der Waals surface area contributed by atoms with Crippen LogP contribution in [0.25, 0.3) is 0 Å². The lowest BCUT2D eigenvalue weighted by Gasteiger charge is -2.51. The highest BCUT2D eigenvalue weighted by atomic mass is 16.7. The van der Waals surface area contributed by atoms with E-state index in [0.717, 1.165) is 0 Å². The number of aromatic hydroxyl groups is 3. The Hall–Kier alpha value is -2.19. The Bertz CT molecular complexity index is 706. The molecule has 140 valence electrons. The number of phenols is 3. The highest BCUT2D eigenvalue weighted by Crippen LogP contribution is 2.50. The number of aliphatic hydroxyl groups excluding tert-OH is 3. The molecule has 11 N–H and O–H groups in total. The molecular formula is C13H17NO11. The van der Waals surface area contributed by atoms with Crippen LogP contribution < -0.4 is 5.73 Å². The molecule has 1 fully saturated rings. The van der Waals surface area contributed by atoms with Crippen molar-refractivity contribution in [2.75, 3.05) is 6.61 Å². The zero-order valence-corrected chi connectivity index (χ0v) is 12.4. The maximum absolute atomic E-state index is 11.4. The summed E-state index contributed by atoms with van der Waals surface area (Å²) in [6.45, 7) is -0.996. The van der Waals surface area contributed by atoms with E-state index in [-0.39, 0.29) is 0 Å². The van der Waals surface area contributed by atoms with E-state index in [1.54, 1.807) is 0 Å². The van der Waals surface area contributed by atoms with E-state index in [1.807, 2.05) is 0 Å². The lowest BCUT2D eigenvalue weighted by Crippen LogP contribution is -2.75. The average Bonchev–Trinajstić information content (AvgIpc) is 2.54. The van der Waals surface area contributed by atoms with Gasteiger partial charge in [0.1, 0.15) is 18.3 Å². The first kappa shape index (κ1) is 19.1. The number of rotatable bonds is 3. The van der Waals surface area contributed by atoms with Gasteiger partial charge in [0.05, 0.1) is 17.7 Å². The molecule has 1 aromatic carbocycles. The number of nitrogens with two attached hydrogens (primary N) is 1. The third kappa shape index (κ3) is 2.56. The molecule has 0 aromatic heterocycles. The fraction of sp³-hybridized carbons (Fsp3) is 0.462. The van der Waals surface area contributed by atoms with Crippen LogP contribution in [0.15, 0.2) is 6.07 Å². The topological polar surface area (TPSA) is 234 Å². The Labute approximate surface area is 139 Å². The van der Waals surface area contributed by atoms with Gasteiger partial charge in [-0.15, -0.1) is 0 Å². The zero-order valence-electron chi connectivity index (χ0n) is 12.4. The summed E-state index contributed by atoms with van der Waals surface area (Å²) in [5.41, 5.74) is -0.129. The van der Waals surface area contributed by atoms with Crippen molar-refractivity contribution >= 4 is 5.97 Å². The van der Waals surface area contributed by atoms with E-state index < -0.39 is 70.8 Å². The van der Waals surface area contributed by atoms with Crippen molar-refractivity contribution in [1.29, 1.82) is 0 Å². The number of aromatic carboxylic acids is 1. The molecule has 0 aliphatic carbocycles. The van der Waals surface area contributed by atoms with Gasteiger partial charge in [0.25, 0.3) is 0 Å². The van der Waals surface area contributed by atoms with Crippen molar-refractivity contribution in [2.24, 2.45) is 5.73 Å². The van der Waals surface area contributed by atoms with Gasteiger partial charge in [-0.1, -0.05) is 0 Å². The number of hydrogen-bond donors (Lipinski definition) is 10. The highest BCUT2D eigenvalue weighted by Gasteiger charge is 2.64. The number of carboxylic acids is 1. The normalized spacial score (nSPS) is 35.5. The number of benzene rings is 1. The number of phenolic OH excluding ortho intramolecular Hbond substituents is 3. The summed E-state index contributed by atoms with van der Waals surface area (Å²) in [4.78, 5) is 11.4. The molecule has 0 radical (unpaired) electrons. The van der Waals surface area contributed by atoms with Crippen LogP contribution in [-0.4, -0.2) is 82.6 Å². The van der Waals surface area contributed by atoms with Crippen molar-refractivity contribution < 1.29 is 55.5 Å². The van der Waals surface area contributed by atoms with Crippen LogP contribution >= 0.6 is 0 Å². The minimum absolute atomic E-state index is 0.426. The Morgan fingerprint density at radius 2 is 1.76 bits per heavy atom. The second-order valence-corrected chi connectivity index (χ2v) is 5.56. The quantitative estimate of drug-likeness (QED) is 0.185. The van der Waals surface area contributed by atoms with Crippen molar-refractivity contribution in [3.8, 4) is 17.2 Å². The van der Waals surface area contributed by atoms with Gasteiger partial charge in [-0.05, 0) is 6.07 Å². The van der Waals surface area contributed by atoms with E-state index >= 15 is 0 Å². The van der Waals surface area contributed by atoms with Gasteiger partial charge in [-0.3, -0.25) is 5.73 Å². The van der Waals surface area contributed by atoms with Crippen LogP contribution in [0.1, 0.15) is 15.9 Å². The van der Waals surface area contributed by atoms with Gasteiger partial charge in [-0.25, -0.2) is 4.79 Å². The molecule has 0 spiro atoms. The van der Waals surface area contributed by atoms with Gasteiger partial charge in [0.2, 0.25) is 17.3 Å². The molecule has 0 amide bonds. The lowest BCUT2D eigenvalue weighted by molar-refractivity contribution is -0.397. The van der Waals surface area contributed by atoms with Gasteiger partial charge in [0, 0.05) is 0 Å². The molecule has 12 heteroatoms. The summed E-state index contributed by atoms with van der Waals surface area (Å²) in [5, 5.41) is 88.0. The highest BCUT2D eigenvalue weighted by molar-refractivity contribution is 5.92. The number of hydrogen-bond acceptors (Lipinski definition) is 11. The SMILES string of the molecule is N[C@@]1(O)[C@@H](O)[C@H](O)[C@@H](CO)OC1(O)c1c(C(=O)O)cc(O)c(O)c1O. The largest absolute Gasteiger partial charge is 0.504 e. The Morgan fingerprint density at radius 1 is 1.20 bits per heavy atom. The van der Waals surface area contributed by atoms with Crippen LogP contribution in [0.5, 0.6) is 17.2 Å². The maximum atomic E-state index is 11.4. The first-order valence-corrected chi connectivity index (χ1v) is 6.80. The summed E-state index contributed by atoms with van der Waals surface area (Å²) in [6.07, 6.45) is -6.09. The van der Waals surface area contributed by atoms with E-state index in [4.69, 9.17) is 10.5 Å². The van der Waals surface area contributed by atoms with Gasteiger partial charge in [0.15, 0.2) is 11.5 Å². The Morgan fingerprint density at radius 3 is 2.24 bits per heavy atom. The maximum Gasteiger partial charge on any atom is 0.336 e. The molecule has 1 aromatic rings. The summed E-state index contributed by atoms with van der Waals surface area (Å²) >= 11 is 0. The van der Waals surface area contributed by atoms with Crippen molar-refractivity contribution in [3.63, 3.8) is 0 Å². The molecule has 5 atom stereocenters. The van der Waals surface area contributed by atoms with E-state index in [2.05, 4.69) is 0 Å². The molecule has 2 rings (SSSR count). The number of carbonyl (C=O) groups is 1. The molecule has 1 unspecified atom stereocenters. The molecular weight excluding hydrogens is 346 g/mol. The summed E-state index contributed by atoms with van der Waals surface area (Å²) in [5.74, 6) is -8.99. The van der Waals surface area contributed by atoms with Crippen LogP contribution in [0.4, 0.5) is 0 Å². The van der Waals surface area contributed by atoms with Gasteiger partial charge >= 0.3 is 5.97 Å². The predicted octanol–water partition coefficient (Wildman–Crippen LogP) is -3.59. The van der Waals surface area contributed by atoms with Crippen LogP contribution in [0, 0.1) is 0 Å². The van der Waals surface area contributed by atoms with Crippen molar-refractivity contribution in [3.05, 3.63) is 17.2 Å². The summed E-state index contributed by atoms with van der Waals surface area (Å²) < 4.78 is 4.88. The molecule has 25 heavy (non-hydrogen) atoms.